The van der Waals surface area contributed by atoms with Gasteiger partial charge in [-0.05, 0) is 24.5 Å². The van der Waals surface area contributed by atoms with E-state index in [1.165, 1.54) is 4.57 Å². The van der Waals surface area contributed by atoms with E-state index in [4.69, 9.17) is 9.15 Å². The number of carbonyl (C=O) groups excluding carboxylic acids is 1. The molecule has 8 heteroatoms. The summed E-state index contributed by atoms with van der Waals surface area (Å²) in [6.07, 6.45) is 1.14. The standard InChI is InChI=1S/C18H24N4O4/c1-20-15-3-2-14(10-16(15)26-18(20)24)19-17(23)22-7-5-21(6-8-22)11-13-4-9-25-12-13/h2-3,10,13H,4-9,11-12H2,1H3,(H,19,23). The van der Waals surface area contributed by atoms with Crippen LogP contribution in [0, 0.1) is 5.92 Å². The maximum absolute atomic E-state index is 12.5. The number of nitrogens with one attached hydrogen (secondary N) is 1. The lowest BCUT2D eigenvalue weighted by Crippen LogP contribution is -2.51. The lowest BCUT2D eigenvalue weighted by Gasteiger charge is -2.35. The molecule has 0 saturated carbocycles. The second-order valence-electron chi connectivity index (χ2n) is 7.06. The fraction of sp³-hybridized carbons (Fsp3) is 0.556. The number of carbonyl (C=O) groups is 1. The maximum atomic E-state index is 12.5. The normalized spacial score (nSPS) is 21.4. The summed E-state index contributed by atoms with van der Waals surface area (Å²) in [4.78, 5) is 28.3. The summed E-state index contributed by atoms with van der Waals surface area (Å²) in [6, 6.07) is 5.13. The van der Waals surface area contributed by atoms with E-state index >= 15 is 0 Å². The van der Waals surface area contributed by atoms with Gasteiger partial charge < -0.3 is 19.4 Å². The molecule has 4 rings (SSSR count). The van der Waals surface area contributed by atoms with E-state index in [0.717, 1.165) is 39.3 Å². The van der Waals surface area contributed by atoms with Crippen LogP contribution in [0.1, 0.15) is 6.42 Å². The number of urea groups is 1. The van der Waals surface area contributed by atoms with Crippen LogP contribution in [0.15, 0.2) is 27.4 Å². The monoisotopic (exact) mass is 360 g/mol. The van der Waals surface area contributed by atoms with E-state index < -0.39 is 5.76 Å². The molecule has 1 aromatic heterocycles. The van der Waals surface area contributed by atoms with E-state index in [1.54, 1.807) is 25.2 Å². The molecule has 0 spiro atoms. The maximum Gasteiger partial charge on any atom is 0.419 e. The molecule has 1 unspecified atom stereocenters. The Bertz CT molecular complexity index is 844. The fourth-order valence-corrected chi connectivity index (χ4v) is 3.64. The van der Waals surface area contributed by atoms with E-state index in [2.05, 4.69) is 10.2 Å². The summed E-state index contributed by atoms with van der Waals surface area (Å²) in [7, 11) is 1.66. The largest absolute Gasteiger partial charge is 0.419 e. The Morgan fingerprint density at radius 3 is 2.81 bits per heavy atom. The van der Waals surface area contributed by atoms with Crippen LogP contribution in [-0.2, 0) is 11.8 Å². The second-order valence-corrected chi connectivity index (χ2v) is 7.06. The third-order valence-electron chi connectivity index (χ3n) is 5.24. The Kier molecular flexibility index (Phi) is 4.69. The number of nitrogens with zero attached hydrogens (tertiary/aromatic N) is 3. The van der Waals surface area contributed by atoms with Crippen molar-refractivity contribution in [3.8, 4) is 0 Å². The Balaban J connectivity index is 1.33. The number of benzene rings is 1. The Labute approximate surface area is 151 Å². The first kappa shape index (κ1) is 17.1. The molecule has 2 fully saturated rings. The van der Waals surface area contributed by atoms with Crippen molar-refractivity contribution in [3.63, 3.8) is 0 Å². The number of anilines is 1. The number of aromatic nitrogens is 1. The van der Waals surface area contributed by atoms with E-state index in [-0.39, 0.29) is 6.03 Å². The molecule has 2 saturated heterocycles. The van der Waals surface area contributed by atoms with E-state index in [1.807, 2.05) is 4.90 Å². The first-order valence-electron chi connectivity index (χ1n) is 9.06. The molecule has 2 amide bonds. The number of ether oxygens (including phenoxy) is 1. The second kappa shape index (κ2) is 7.13. The number of hydrogen-bond donors (Lipinski definition) is 1. The number of hydrogen-bond acceptors (Lipinski definition) is 5. The quantitative estimate of drug-likeness (QED) is 0.893. The van der Waals surface area contributed by atoms with Crippen molar-refractivity contribution in [2.75, 3.05) is 51.3 Å². The van der Waals surface area contributed by atoms with Gasteiger partial charge in [-0.3, -0.25) is 9.47 Å². The SMILES string of the molecule is Cn1c(=O)oc2cc(NC(=O)N3CCN(CC4CCOC4)CC3)ccc21. The molecule has 2 aromatic rings. The highest BCUT2D eigenvalue weighted by Gasteiger charge is 2.25. The molecule has 1 N–H and O–H groups in total. The molecular weight excluding hydrogens is 336 g/mol. The predicted octanol–water partition coefficient (Wildman–Crippen LogP) is 1.32. The van der Waals surface area contributed by atoms with Gasteiger partial charge in [-0.25, -0.2) is 9.59 Å². The highest BCUT2D eigenvalue weighted by atomic mass is 16.5. The highest BCUT2D eigenvalue weighted by Crippen LogP contribution is 2.19. The number of oxazole rings is 1. The van der Waals surface area contributed by atoms with Crippen molar-refractivity contribution >= 4 is 22.8 Å². The smallest absolute Gasteiger partial charge is 0.408 e. The summed E-state index contributed by atoms with van der Waals surface area (Å²) in [5.74, 6) is 0.217. The molecule has 2 aliphatic rings. The lowest BCUT2D eigenvalue weighted by atomic mass is 10.1. The van der Waals surface area contributed by atoms with Gasteiger partial charge in [0, 0.05) is 58.1 Å². The van der Waals surface area contributed by atoms with Crippen LogP contribution in [-0.4, -0.2) is 66.3 Å². The molecule has 26 heavy (non-hydrogen) atoms. The molecule has 0 radical (unpaired) electrons. The average molecular weight is 360 g/mol. The lowest BCUT2D eigenvalue weighted by molar-refractivity contribution is 0.124. The van der Waals surface area contributed by atoms with Crippen LogP contribution in [0.3, 0.4) is 0 Å². The first-order chi connectivity index (χ1) is 12.6. The van der Waals surface area contributed by atoms with Gasteiger partial charge in [0.25, 0.3) is 0 Å². The van der Waals surface area contributed by atoms with Crippen molar-refractivity contribution in [2.24, 2.45) is 13.0 Å². The van der Waals surface area contributed by atoms with E-state index in [9.17, 15) is 9.59 Å². The van der Waals surface area contributed by atoms with Gasteiger partial charge in [0.05, 0.1) is 12.1 Å². The Morgan fingerprint density at radius 2 is 2.08 bits per heavy atom. The zero-order chi connectivity index (χ0) is 18.1. The average Bonchev–Trinajstić information content (AvgIpc) is 3.24. The summed E-state index contributed by atoms with van der Waals surface area (Å²) in [5, 5.41) is 2.90. The van der Waals surface area contributed by atoms with Gasteiger partial charge in [0.15, 0.2) is 5.58 Å². The van der Waals surface area contributed by atoms with Crippen molar-refractivity contribution in [1.29, 1.82) is 0 Å². The van der Waals surface area contributed by atoms with Crippen LogP contribution < -0.4 is 11.1 Å². The van der Waals surface area contributed by atoms with Gasteiger partial charge in [0.2, 0.25) is 0 Å². The number of rotatable bonds is 3. The summed E-state index contributed by atoms with van der Waals surface area (Å²) in [6.45, 7) is 5.98. The third kappa shape index (κ3) is 3.47. The van der Waals surface area contributed by atoms with Crippen molar-refractivity contribution < 1.29 is 13.9 Å². The van der Waals surface area contributed by atoms with Gasteiger partial charge in [0.1, 0.15) is 0 Å². The zero-order valence-corrected chi connectivity index (χ0v) is 14.9. The van der Waals surface area contributed by atoms with Crippen molar-refractivity contribution in [2.45, 2.75) is 6.42 Å². The van der Waals surface area contributed by atoms with Gasteiger partial charge in [-0.1, -0.05) is 0 Å². The molecule has 0 aliphatic carbocycles. The van der Waals surface area contributed by atoms with Crippen LogP contribution in [0.25, 0.3) is 11.1 Å². The molecule has 0 bridgehead atoms. The number of piperazine rings is 1. The number of aryl methyl sites for hydroxylation is 1. The Hall–Kier alpha value is -2.32. The molecule has 1 atom stereocenters. The van der Waals surface area contributed by atoms with Crippen molar-refractivity contribution in [1.82, 2.24) is 14.4 Å². The molecule has 8 nitrogen and oxygen atoms in total. The van der Waals surface area contributed by atoms with Crippen LogP contribution >= 0.6 is 0 Å². The minimum absolute atomic E-state index is 0.119. The van der Waals surface area contributed by atoms with Gasteiger partial charge in [-0.2, -0.15) is 0 Å². The minimum Gasteiger partial charge on any atom is -0.408 e. The first-order valence-corrected chi connectivity index (χ1v) is 9.06. The van der Waals surface area contributed by atoms with Crippen LogP contribution in [0.5, 0.6) is 0 Å². The Morgan fingerprint density at radius 1 is 1.27 bits per heavy atom. The fourth-order valence-electron chi connectivity index (χ4n) is 3.64. The van der Waals surface area contributed by atoms with Crippen LogP contribution in [0.2, 0.25) is 0 Å². The molecule has 2 aliphatic heterocycles. The molecular formula is C18H24N4O4. The molecule has 1 aromatic carbocycles. The van der Waals surface area contributed by atoms with E-state index in [0.29, 0.717) is 35.8 Å². The zero-order valence-electron chi connectivity index (χ0n) is 14.9. The summed E-state index contributed by atoms with van der Waals surface area (Å²) < 4.78 is 12.0. The number of fused-ring (bicyclic) bond motifs is 1. The highest BCUT2D eigenvalue weighted by molar-refractivity contribution is 5.91. The topological polar surface area (TPSA) is 80.0 Å². The van der Waals surface area contributed by atoms with Crippen LogP contribution in [0.4, 0.5) is 10.5 Å². The third-order valence-corrected chi connectivity index (χ3v) is 5.24. The minimum atomic E-state index is -0.410. The predicted molar refractivity (Wildman–Crippen MR) is 97.4 cm³/mol. The molecule has 3 heterocycles. The summed E-state index contributed by atoms with van der Waals surface area (Å²) >= 11 is 0. The van der Waals surface area contributed by atoms with Gasteiger partial charge in [-0.15, -0.1) is 0 Å². The molecule has 140 valence electrons. The van der Waals surface area contributed by atoms with Crippen molar-refractivity contribution in [3.05, 3.63) is 28.7 Å². The van der Waals surface area contributed by atoms with Gasteiger partial charge >= 0.3 is 11.8 Å². The summed E-state index contributed by atoms with van der Waals surface area (Å²) in [5.41, 5.74) is 1.80. The number of amides is 2.